The highest BCUT2D eigenvalue weighted by atomic mass is 16.8. The SMILES string of the molecule is COC(=O)C[C@H](NC(=O)CNC(=O)OC(C)(C)C)[C@H]1O[C@@H]2OC(C)(C)O[C@@H]2[C@H]1OC. The van der Waals surface area contributed by atoms with Gasteiger partial charge in [0.05, 0.1) is 19.6 Å². The van der Waals surface area contributed by atoms with Gasteiger partial charge in [0, 0.05) is 7.11 Å². The first-order valence-electron chi connectivity index (χ1n) is 9.72. The average Bonchev–Trinajstić information content (AvgIpc) is 3.08. The van der Waals surface area contributed by atoms with E-state index in [2.05, 4.69) is 10.6 Å². The van der Waals surface area contributed by atoms with Gasteiger partial charge in [-0.05, 0) is 34.6 Å². The van der Waals surface area contributed by atoms with Gasteiger partial charge in [0.1, 0.15) is 30.5 Å². The molecule has 11 heteroatoms. The van der Waals surface area contributed by atoms with Crippen molar-refractivity contribution < 1.29 is 42.8 Å². The van der Waals surface area contributed by atoms with E-state index in [-0.39, 0.29) is 13.0 Å². The van der Waals surface area contributed by atoms with Crippen LogP contribution in [0.25, 0.3) is 0 Å². The molecule has 2 aliphatic heterocycles. The van der Waals surface area contributed by atoms with Crippen LogP contribution in [0.5, 0.6) is 0 Å². The van der Waals surface area contributed by atoms with E-state index in [0.29, 0.717) is 0 Å². The highest BCUT2D eigenvalue weighted by Crippen LogP contribution is 2.39. The van der Waals surface area contributed by atoms with Crippen LogP contribution in [0.2, 0.25) is 0 Å². The van der Waals surface area contributed by atoms with E-state index in [9.17, 15) is 14.4 Å². The van der Waals surface area contributed by atoms with Gasteiger partial charge in [0.2, 0.25) is 5.91 Å². The molecular formula is C19H32N2O9. The molecule has 0 aromatic carbocycles. The predicted molar refractivity (Wildman–Crippen MR) is 102 cm³/mol. The Balaban J connectivity index is 2.03. The summed E-state index contributed by atoms with van der Waals surface area (Å²) < 4.78 is 32.8. The van der Waals surface area contributed by atoms with E-state index in [0.717, 1.165) is 0 Å². The number of carbonyl (C=O) groups is 3. The van der Waals surface area contributed by atoms with Gasteiger partial charge < -0.3 is 39.1 Å². The van der Waals surface area contributed by atoms with Crippen LogP contribution in [0.15, 0.2) is 0 Å². The Morgan fingerprint density at radius 2 is 1.80 bits per heavy atom. The largest absolute Gasteiger partial charge is 0.469 e. The maximum absolute atomic E-state index is 12.4. The fraction of sp³-hybridized carbons (Fsp3) is 0.842. The van der Waals surface area contributed by atoms with Crippen LogP contribution in [0.3, 0.4) is 0 Å². The van der Waals surface area contributed by atoms with Crippen molar-refractivity contribution in [3.8, 4) is 0 Å². The van der Waals surface area contributed by atoms with Crippen molar-refractivity contribution in [2.24, 2.45) is 0 Å². The number of amides is 2. The number of rotatable bonds is 7. The molecule has 2 fully saturated rings. The molecule has 0 unspecified atom stereocenters. The number of esters is 1. The lowest BCUT2D eigenvalue weighted by Crippen LogP contribution is -2.53. The van der Waals surface area contributed by atoms with Gasteiger partial charge in [-0.15, -0.1) is 0 Å². The lowest BCUT2D eigenvalue weighted by molar-refractivity contribution is -0.220. The van der Waals surface area contributed by atoms with Gasteiger partial charge in [0.15, 0.2) is 12.1 Å². The molecule has 2 amide bonds. The first-order chi connectivity index (χ1) is 13.8. The number of hydrogen-bond acceptors (Lipinski definition) is 9. The molecule has 0 aliphatic carbocycles. The second-order valence-electron chi connectivity index (χ2n) is 8.58. The van der Waals surface area contributed by atoms with Crippen molar-refractivity contribution in [1.29, 1.82) is 0 Å². The fourth-order valence-corrected chi connectivity index (χ4v) is 3.33. The molecule has 2 heterocycles. The molecule has 2 rings (SSSR count). The second kappa shape index (κ2) is 9.46. The van der Waals surface area contributed by atoms with E-state index in [1.165, 1.54) is 14.2 Å². The molecule has 2 saturated heterocycles. The van der Waals surface area contributed by atoms with Gasteiger partial charge >= 0.3 is 12.1 Å². The van der Waals surface area contributed by atoms with Crippen molar-refractivity contribution in [2.45, 2.75) is 83.1 Å². The quantitative estimate of drug-likeness (QED) is 0.551. The minimum absolute atomic E-state index is 0.165. The summed E-state index contributed by atoms with van der Waals surface area (Å²) in [6.07, 6.45) is -3.44. The second-order valence-corrected chi connectivity index (χ2v) is 8.58. The smallest absolute Gasteiger partial charge is 0.408 e. The molecular weight excluding hydrogens is 400 g/mol. The minimum Gasteiger partial charge on any atom is -0.469 e. The molecule has 0 aromatic heterocycles. The third-order valence-electron chi connectivity index (χ3n) is 4.45. The van der Waals surface area contributed by atoms with Crippen molar-refractivity contribution >= 4 is 18.0 Å². The lowest BCUT2D eigenvalue weighted by atomic mass is 10.0. The van der Waals surface area contributed by atoms with Gasteiger partial charge in [0.25, 0.3) is 0 Å². The Bertz CT molecular complexity index is 646. The van der Waals surface area contributed by atoms with Crippen molar-refractivity contribution in [3.05, 3.63) is 0 Å². The number of hydrogen-bond donors (Lipinski definition) is 2. The number of carbonyl (C=O) groups excluding carboxylic acids is 3. The van der Waals surface area contributed by atoms with Crippen LogP contribution < -0.4 is 10.6 Å². The minimum atomic E-state index is -0.838. The highest BCUT2D eigenvalue weighted by molar-refractivity contribution is 5.83. The number of fused-ring (bicyclic) bond motifs is 1. The first kappa shape index (κ1) is 24.3. The summed E-state index contributed by atoms with van der Waals surface area (Å²) in [7, 11) is 2.73. The zero-order valence-corrected chi connectivity index (χ0v) is 18.5. The summed E-state index contributed by atoms with van der Waals surface area (Å²) in [6, 6.07) is -0.795. The predicted octanol–water partition coefficient (Wildman–Crippen LogP) is 0.450. The van der Waals surface area contributed by atoms with Crippen LogP contribution in [0.1, 0.15) is 41.0 Å². The molecule has 2 aliphatic rings. The molecule has 0 spiro atoms. The standard InChI is InChI=1S/C19H32N2O9/c1-18(2,3)30-17(24)20-9-11(22)21-10(8-12(23)25-6)13-14(26-7)15-16(27-13)29-19(4,5)28-15/h10,13-16H,8-9H2,1-7H3,(H,20,24)(H,21,22)/t10-,13+,14-,15+,16+/m0/s1. The molecule has 172 valence electrons. The molecule has 5 atom stereocenters. The Kier molecular flexibility index (Phi) is 7.67. The molecule has 0 aromatic rings. The first-order valence-corrected chi connectivity index (χ1v) is 9.72. The van der Waals surface area contributed by atoms with E-state index < -0.39 is 60.0 Å². The zero-order chi connectivity index (χ0) is 22.7. The number of ether oxygens (including phenoxy) is 6. The van der Waals surface area contributed by atoms with Crippen molar-refractivity contribution in [3.63, 3.8) is 0 Å². The summed E-state index contributed by atoms with van der Waals surface area (Å²) in [6.45, 7) is 8.31. The summed E-state index contributed by atoms with van der Waals surface area (Å²) >= 11 is 0. The van der Waals surface area contributed by atoms with E-state index in [1.807, 2.05) is 0 Å². The van der Waals surface area contributed by atoms with Crippen LogP contribution in [0.4, 0.5) is 4.79 Å². The van der Waals surface area contributed by atoms with Gasteiger partial charge in [-0.1, -0.05) is 0 Å². The molecule has 30 heavy (non-hydrogen) atoms. The van der Waals surface area contributed by atoms with E-state index in [4.69, 9.17) is 28.4 Å². The van der Waals surface area contributed by atoms with Crippen LogP contribution >= 0.6 is 0 Å². The number of methoxy groups -OCH3 is 2. The topological polar surface area (TPSA) is 131 Å². The Hall–Kier alpha value is -1.95. The third kappa shape index (κ3) is 6.53. The molecule has 0 saturated carbocycles. The normalized spacial score (nSPS) is 28.4. The number of nitrogens with one attached hydrogen (secondary N) is 2. The third-order valence-corrected chi connectivity index (χ3v) is 4.45. The van der Waals surface area contributed by atoms with Crippen LogP contribution in [-0.2, 0) is 38.0 Å². The molecule has 2 N–H and O–H groups in total. The van der Waals surface area contributed by atoms with Crippen LogP contribution in [-0.4, -0.2) is 80.8 Å². The lowest BCUT2D eigenvalue weighted by Gasteiger charge is -2.30. The van der Waals surface area contributed by atoms with Gasteiger partial charge in [-0.25, -0.2) is 4.79 Å². The zero-order valence-electron chi connectivity index (χ0n) is 18.5. The fourth-order valence-electron chi connectivity index (χ4n) is 3.33. The van der Waals surface area contributed by atoms with Gasteiger partial charge in [-0.2, -0.15) is 0 Å². The van der Waals surface area contributed by atoms with Crippen LogP contribution in [0, 0.1) is 0 Å². The number of alkyl carbamates (subject to hydrolysis) is 1. The molecule has 0 bridgehead atoms. The Morgan fingerprint density at radius 1 is 1.13 bits per heavy atom. The van der Waals surface area contributed by atoms with Crippen molar-refractivity contribution in [1.82, 2.24) is 10.6 Å². The summed E-state index contributed by atoms with van der Waals surface area (Å²) in [5.41, 5.74) is -0.692. The molecule has 11 nitrogen and oxygen atoms in total. The van der Waals surface area contributed by atoms with E-state index in [1.54, 1.807) is 34.6 Å². The summed E-state index contributed by atoms with van der Waals surface area (Å²) in [5, 5.41) is 5.06. The highest BCUT2D eigenvalue weighted by Gasteiger charge is 2.57. The monoisotopic (exact) mass is 432 g/mol. The Labute approximate surface area is 176 Å². The van der Waals surface area contributed by atoms with Gasteiger partial charge in [-0.3, -0.25) is 9.59 Å². The average molecular weight is 432 g/mol. The Morgan fingerprint density at radius 3 is 2.37 bits per heavy atom. The summed E-state index contributed by atoms with van der Waals surface area (Å²) in [5.74, 6) is -1.92. The van der Waals surface area contributed by atoms with Crippen molar-refractivity contribution in [2.75, 3.05) is 20.8 Å². The summed E-state index contributed by atoms with van der Waals surface area (Å²) in [4.78, 5) is 36.1. The molecule has 0 radical (unpaired) electrons. The van der Waals surface area contributed by atoms with E-state index >= 15 is 0 Å². The maximum atomic E-state index is 12.4. The maximum Gasteiger partial charge on any atom is 0.408 e.